The van der Waals surface area contributed by atoms with Gasteiger partial charge in [-0.2, -0.15) is 5.10 Å². The molecule has 7 nitrogen and oxygen atoms in total. The van der Waals surface area contributed by atoms with E-state index < -0.39 is 0 Å². The van der Waals surface area contributed by atoms with Gasteiger partial charge in [0.2, 0.25) is 12.7 Å². The van der Waals surface area contributed by atoms with Gasteiger partial charge in [-0.25, -0.2) is 0 Å². The van der Waals surface area contributed by atoms with Crippen molar-refractivity contribution in [1.82, 2.24) is 10.2 Å². The first kappa shape index (κ1) is 15.9. The molecule has 0 saturated carbocycles. The van der Waals surface area contributed by atoms with E-state index in [1.807, 2.05) is 13.0 Å². The first-order valence-electron chi connectivity index (χ1n) is 7.97. The van der Waals surface area contributed by atoms with Crippen LogP contribution in [0.25, 0.3) is 0 Å². The van der Waals surface area contributed by atoms with E-state index in [-0.39, 0.29) is 12.7 Å². The van der Waals surface area contributed by atoms with E-state index in [1.54, 1.807) is 48.5 Å². The SMILES string of the molecule is Cc1ccc(Oc2ccc(NC(=O)c3ccc4c(c3)OCO4)cc2)nn1. The Morgan fingerprint density at radius 1 is 1.00 bits per heavy atom. The fourth-order valence-corrected chi connectivity index (χ4v) is 2.41. The van der Waals surface area contributed by atoms with Gasteiger partial charge >= 0.3 is 0 Å². The van der Waals surface area contributed by atoms with Crippen molar-refractivity contribution < 1.29 is 19.0 Å². The molecule has 3 aromatic rings. The molecule has 26 heavy (non-hydrogen) atoms. The van der Waals surface area contributed by atoms with Crippen LogP contribution in [0.5, 0.6) is 23.1 Å². The van der Waals surface area contributed by atoms with E-state index in [2.05, 4.69) is 15.5 Å². The van der Waals surface area contributed by atoms with Crippen LogP contribution in [-0.2, 0) is 0 Å². The van der Waals surface area contributed by atoms with Gasteiger partial charge in [0, 0.05) is 17.3 Å². The topological polar surface area (TPSA) is 82.6 Å². The zero-order valence-electron chi connectivity index (χ0n) is 13.9. The van der Waals surface area contributed by atoms with Gasteiger partial charge in [0.1, 0.15) is 5.75 Å². The van der Waals surface area contributed by atoms with Crippen molar-refractivity contribution in [2.45, 2.75) is 6.92 Å². The van der Waals surface area contributed by atoms with E-state index in [1.165, 1.54) is 0 Å². The molecule has 4 rings (SSSR count). The van der Waals surface area contributed by atoms with Gasteiger partial charge in [0.15, 0.2) is 11.5 Å². The Kier molecular flexibility index (Phi) is 4.10. The first-order chi connectivity index (χ1) is 12.7. The average Bonchev–Trinajstić information content (AvgIpc) is 3.13. The smallest absolute Gasteiger partial charge is 0.255 e. The van der Waals surface area contributed by atoms with Gasteiger partial charge in [-0.1, -0.05) is 0 Å². The Morgan fingerprint density at radius 3 is 2.58 bits per heavy atom. The lowest BCUT2D eigenvalue weighted by atomic mass is 10.2. The number of aromatic nitrogens is 2. The zero-order chi connectivity index (χ0) is 17.9. The van der Waals surface area contributed by atoms with Crippen molar-refractivity contribution in [3.05, 3.63) is 65.9 Å². The number of hydrogen-bond acceptors (Lipinski definition) is 6. The van der Waals surface area contributed by atoms with Crippen molar-refractivity contribution in [3.63, 3.8) is 0 Å². The van der Waals surface area contributed by atoms with E-state index in [0.717, 1.165) is 5.69 Å². The van der Waals surface area contributed by atoms with Crippen LogP contribution in [0, 0.1) is 6.92 Å². The molecule has 0 fully saturated rings. The average molecular weight is 349 g/mol. The lowest BCUT2D eigenvalue weighted by Crippen LogP contribution is -2.11. The molecule has 0 atom stereocenters. The quantitative estimate of drug-likeness (QED) is 0.775. The molecule has 0 spiro atoms. The number of amides is 1. The maximum atomic E-state index is 12.4. The minimum Gasteiger partial charge on any atom is -0.454 e. The number of aryl methyl sites for hydroxylation is 1. The highest BCUT2D eigenvalue weighted by molar-refractivity contribution is 6.04. The maximum absolute atomic E-state index is 12.4. The van der Waals surface area contributed by atoms with E-state index in [9.17, 15) is 4.79 Å². The van der Waals surface area contributed by atoms with E-state index in [4.69, 9.17) is 14.2 Å². The van der Waals surface area contributed by atoms with Crippen LogP contribution in [0.4, 0.5) is 5.69 Å². The summed E-state index contributed by atoms with van der Waals surface area (Å²) in [5.41, 5.74) is 1.96. The van der Waals surface area contributed by atoms with Crippen molar-refractivity contribution in [1.29, 1.82) is 0 Å². The molecular formula is C19H15N3O4. The van der Waals surface area contributed by atoms with E-state index >= 15 is 0 Å². The molecule has 0 unspecified atom stereocenters. The highest BCUT2D eigenvalue weighted by Gasteiger charge is 2.16. The highest BCUT2D eigenvalue weighted by atomic mass is 16.7. The lowest BCUT2D eigenvalue weighted by Gasteiger charge is -2.08. The standard InChI is InChI=1S/C19H15N3O4/c1-12-2-9-18(22-21-12)26-15-6-4-14(5-7-15)20-19(23)13-3-8-16-17(10-13)25-11-24-16/h2-10H,11H2,1H3,(H,20,23). The normalized spacial score (nSPS) is 11.9. The summed E-state index contributed by atoms with van der Waals surface area (Å²) in [7, 11) is 0. The number of nitrogens with one attached hydrogen (secondary N) is 1. The molecule has 1 aromatic heterocycles. The first-order valence-corrected chi connectivity index (χ1v) is 7.97. The number of nitrogens with zero attached hydrogens (tertiary/aromatic N) is 2. The molecule has 0 radical (unpaired) electrons. The van der Waals surface area contributed by atoms with Gasteiger partial charge in [0.25, 0.3) is 5.91 Å². The molecule has 7 heteroatoms. The van der Waals surface area contributed by atoms with Crippen LogP contribution < -0.4 is 19.5 Å². The zero-order valence-corrected chi connectivity index (χ0v) is 13.9. The molecule has 0 bridgehead atoms. The van der Waals surface area contributed by atoms with Gasteiger partial charge in [-0.05, 0) is 55.5 Å². The highest BCUT2D eigenvalue weighted by Crippen LogP contribution is 2.32. The molecule has 1 aliphatic rings. The molecule has 1 aliphatic heterocycles. The monoisotopic (exact) mass is 349 g/mol. The van der Waals surface area contributed by atoms with Crippen LogP contribution in [0.15, 0.2) is 54.6 Å². The van der Waals surface area contributed by atoms with Crippen molar-refractivity contribution in [3.8, 4) is 23.1 Å². The number of fused-ring (bicyclic) bond motifs is 1. The van der Waals surface area contributed by atoms with Crippen LogP contribution >= 0.6 is 0 Å². The summed E-state index contributed by atoms with van der Waals surface area (Å²) >= 11 is 0. The predicted octanol–water partition coefficient (Wildman–Crippen LogP) is 3.56. The van der Waals surface area contributed by atoms with Crippen molar-refractivity contribution in [2.24, 2.45) is 0 Å². The van der Waals surface area contributed by atoms with Gasteiger partial charge in [-0.3, -0.25) is 4.79 Å². The molecule has 2 heterocycles. The largest absolute Gasteiger partial charge is 0.454 e. The molecule has 0 saturated heterocycles. The van der Waals surface area contributed by atoms with Gasteiger partial charge in [0.05, 0.1) is 5.69 Å². The van der Waals surface area contributed by atoms with Crippen molar-refractivity contribution >= 4 is 11.6 Å². The number of carbonyl (C=O) groups excluding carboxylic acids is 1. The van der Waals surface area contributed by atoms with Crippen molar-refractivity contribution in [2.75, 3.05) is 12.1 Å². The second-order valence-corrected chi connectivity index (χ2v) is 5.66. The number of hydrogen-bond donors (Lipinski definition) is 1. The third-order valence-corrected chi connectivity index (χ3v) is 3.74. The van der Waals surface area contributed by atoms with Crippen LogP contribution in [0.2, 0.25) is 0 Å². The summed E-state index contributed by atoms with van der Waals surface area (Å²) in [5, 5.41) is 10.7. The fraction of sp³-hybridized carbons (Fsp3) is 0.105. The Hall–Kier alpha value is -3.61. The molecule has 1 amide bonds. The summed E-state index contributed by atoms with van der Waals surface area (Å²) in [5.74, 6) is 1.99. The minimum atomic E-state index is -0.235. The van der Waals surface area contributed by atoms with Gasteiger partial charge in [-0.15, -0.1) is 5.10 Å². The second kappa shape index (κ2) is 6.72. The number of benzene rings is 2. The fourth-order valence-electron chi connectivity index (χ4n) is 2.41. The van der Waals surface area contributed by atoms with Crippen LogP contribution in [0.1, 0.15) is 16.1 Å². The Balaban J connectivity index is 1.42. The third kappa shape index (κ3) is 3.41. The molecule has 0 aliphatic carbocycles. The molecule has 2 aromatic carbocycles. The number of rotatable bonds is 4. The third-order valence-electron chi connectivity index (χ3n) is 3.74. The second-order valence-electron chi connectivity index (χ2n) is 5.66. The Bertz CT molecular complexity index is 940. The summed E-state index contributed by atoms with van der Waals surface area (Å²) in [6.07, 6.45) is 0. The molecular weight excluding hydrogens is 334 g/mol. The Labute approximate surface area is 149 Å². The molecule has 1 N–H and O–H groups in total. The maximum Gasteiger partial charge on any atom is 0.255 e. The van der Waals surface area contributed by atoms with Crippen LogP contribution in [-0.4, -0.2) is 22.9 Å². The number of ether oxygens (including phenoxy) is 3. The predicted molar refractivity (Wildman–Crippen MR) is 93.8 cm³/mol. The summed E-state index contributed by atoms with van der Waals surface area (Å²) in [4.78, 5) is 12.4. The summed E-state index contributed by atoms with van der Waals surface area (Å²) in [6.45, 7) is 2.03. The lowest BCUT2D eigenvalue weighted by molar-refractivity contribution is 0.102. The van der Waals surface area contributed by atoms with E-state index in [0.29, 0.717) is 34.4 Å². The minimum absolute atomic E-state index is 0.174. The van der Waals surface area contributed by atoms with Gasteiger partial charge < -0.3 is 19.5 Å². The summed E-state index contributed by atoms with van der Waals surface area (Å²) in [6, 6.07) is 15.6. The summed E-state index contributed by atoms with van der Waals surface area (Å²) < 4.78 is 16.1. The Morgan fingerprint density at radius 2 is 1.81 bits per heavy atom. The van der Waals surface area contributed by atoms with Crippen LogP contribution in [0.3, 0.4) is 0 Å². The number of carbonyl (C=O) groups is 1. The molecule has 130 valence electrons. The number of anilines is 1.